The van der Waals surface area contributed by atoms with Crippen LogP contribution in [0.4, 0.5) is 5.69 Å². The summed E-state index contributed by atoms with van der Waals surface area (Å²) in [5, 5.41) is 2.73. The van der Waals surface area contributed by atoms with Gasteiger partial charge in [-0.2, -0.15) is 0 Å². The van der Waals surface area contributed by atoms with Crippen LogP contribution in [-0.4, -0.2) is 32.2 Å². The molecule has 0 spiro atoms. The molecule has 3 rings (SSSR count). The van der Waals surface area contributed by atoms with Crippen LogP contribution in [0.1, 0.15) is 28.4 Å². The van der Waals surface area contributed by atoms with E-state index in [0.29, 0.717) is 29.2 Å². The highest BCUT2D eigenvalue weighted by molar-refractivity contribution is 5.98. The molecular formula is C26H27NO5. The van der Waals surface area contributed by atoms with Crippen molar-refractivity contribution in [1.29, 1.82) is 0 Å². The normalized spacial score (nSPS) is 11.3. The van der Waals surface area contributed by atoms with E-state index in [9.17, 15) is 9.59 Å². The number of aryl methyl sites for hydroxylation is 2. The molecule has 6 nitrogen and oxygen atoms in total. The van der Waals surface area contributed by atoms with E-state index in [-0.39, 0.29) is 0 Å². The van der Waals surface area contributed by atoms with E-state index >= 15 is 0 Å². The van der Waals surface area contributed by atoms with E-state index in [2.05, 4.69) is 17.4 Å². The molecule has 0 aromatic heterocycles. The average molecular weight is 434 g/mol. The summed E-state index contributed by atoms with van der Waals surface area (Å²) in [5.74, 6) is 0.0441. The van der Waals surface area contributed by atoms with Gasteiger partial charge in [0.25, 0.3) is 5.91 Å². The molecule has 32 heavy (non-hydrogen) atoms. The summed E-state index contributed by atoms with van der Waals surface area (Å²) in [6.45, 7) is 1.53. The van der Waals surface area contributed by atoms with Gasteiger partial charge in [-0.3, -0.25) is 4.79 Å². The lowest BCUT2D eigenvalue weighted by Gasteiger charge is -2.17. The lowest BCUT2D eigenvalue weighted by Crippen LogP contribution is -2.30. The van der Waals surface area contributed by atoms with Gasteiger partial charge in [-0.1, -0.05) is 48.5 Å². The fourth-order valence-corrected chi connectivity index (χ4v) is 3.28. The number of methoxy groups -OCH3 is 2. The van der Waals surface area contributed by atoms with E-state index in [0.717, 1.165) is 12.0 Å². The van der Waals surface area contributed by atoms with Crippen LogP contribution in [0.15, 0.2) is 72.8 Å². The summed E-state index contributed by atoms with van der Waals surface area (Å²) in [4.78, 5) is 25.5. The van der Waals surface area contributed by atoms with E-state index in [1.165, 1.54) is 26.7 Å². The predicted octanol–water partition coefficient (Wildman–Crippen LogP) is 4.67. The number of esters is 1. The second kappa shape index (κ2) is 11.0. The summed E-state index contributed by atoms with van der Waals surface area (Å²) in [7, 11) is 3.04. The van der Waals surface area contributed by atoms with Crippen LogP contribution in [0.25, 0.3) is 0 Å². The first kappa shape index (κ1) is 22.9. The Balaban J connectivity index is 1.66. The van der Waals surface area contributed by atoms with Gasteiger partial charge in [0, 0.05) is 6.07 Å². The molecule has 0 aliphatic carbocycles. The number of amides is 1. The van der Waals surface area contributed by atoms with Crippen molar-refractivity contribution in [2.24, 2.45) is 0 Å². The SMILES string of the molecule is COc1ccc(OC)c(NC(=O)C(C)OC(=O)c2ccccc2CCc2ccccc2)c1. The molecule has 1 atom stereocenters. The van der Waals surface area contributed by atoms with Gasteiger partial charge in [0.05, 0.1) is 25.5 Å². The fourth-order valence-electron chi connectivity index (χ4n) is 3.28. The standard InChI is InChI=1S/C26H27NO5/c1-18(25(28)27-23-17-21(30-2)15-16-24(23)31-3)32-26(29)22-12-8-7-11-20(22)14-13-19-9-5-4-6-10-19/h4-12,15-18H,13-14H2,1-3H3,(H,27,28). The second-order valence-corrected chi connectivity index (χ2v) is 7.25. The van der Waals surface area contributed by atoms with Gasteiger partial charge in [0.1, 0.15) is 11.5 Å². The third-order valence-electron chi connectivity index (χ3n) is 5.08. The van der Waals surface area contributed by atoms with Crippen LogP contribution in [-0.2, 0) is 22.4 Å². The number of carbonyl (C=O) groups excluding carboxylic acids is 2. The van der Waals surface area contributed by atoms with Crippen LogP contribution < -0.4 is 14.8 Å². The maximum atomic E-state index is 12.8. The Morgan fingerprint density at radius 2 is 1.59 bits per heavy atom. The zero-order valence-electron chi connectivity index (χ0n) is 18.5. The molecule has 0 saturated carbocycles. The number of carbonyl (C=O) groups is 2. The zero-order chi connectivity index (χ0) is 22.9. The van der Waals surface area contributed by atoms with Crippen molar-refractivity contribution >= 4 is 17.6 Å². The van der Waals surface area contributed by atoms with E-state index in [1.807, 2.05) is 30.3 Å². The maximum Gasteiger partial charge on any atom is 0.339 e. The van der Waals surface area contributed by atoms with Gasteiger partial charge in [-0.05, 0) is 49.1 Å². The van der Waals surface area contributed by atoms with Crippen LogP contribution in [0.5, 0.6) is 11.5 Å². The van der Waals surface area contributed by atoms with Gasteiger partial charge < -0.3 is 19.5 Å². The first-order chi connectivity index (χ1) is 15.5. The quantitative estimate of drug-likeness (QED) is 0.496. The van der Waals surface area contributed by atoms with E-state index < -0.39 is 18.0 Å². The molecule has 3 aromatic carbocycles. The molecule has 0 saturated heterocycles. The minimum Gasteiger partial charge on any atom is -0.497 e. The summed E-state index contributed by atoms with van der Waals surface area (Å²) < 4.78 is 15.9. The Bertz CT molecular complexity index is 1060. The van der Waals surface area contributed by atoms with Crippen molar-refractivity contribution in [3.8, 4) is 11.5 Å². The first-order valence-electron chi connectivity index (χ1n) is 10.4. The fraction of sp³-hybridized carbons (Fsp3) is 0.231. The molecule has 3 aromatic rings. The molecule has 0 aliphatic rings. The summed E-state index contributed by atoms with van der Waals surface area (Å²) in [5.41, 5.74) is 2.96. The third-order valence-corrected chi connectivity index (χ3v) is 5.08. The minimum absolute atomic E-state index is 0.433. The molecule has 1 N–H and O–H groups in total. The Kier molecular flexibility index (Phi) is 7.86. The Labute approximate surface area is 188 Å². The highest BCUT2D eigenvalue weighted by Crippen LogP contribution is 2.29. The smallest absolute Gasteiger partial charge is 0.339 e. The van der Waals surface area contributed by atoms with Crippen LogP contribution in [0.3, 0.4) is 0 Å². The first-order valence-corrected chi connectivity index (χ1v) is 10.4. The Hall–Kier alpha value is -3.80. The summed E-state index contributed by atoms with van der Waals surface area (Å²) >= 11 is 0. The molecule has 0 fully saturated rings. The lowest BCUT2D eigenvalue weighted by atomic mass is 10.00. The molecule has 1 amide bonds. The zero-order valence-corrected chi connectivity index (χ0v) is 18.5. The van der Waals surface area contributed by atoms with Crippen molar-refractivity contribution in [2.45, 2.75) is 25.9 Å². The number of hydrogen-bond acceptors (Lipinski definition) is 5. The molecule has 0 radical (unpaired) electrons. The number of rotatable bonds is 9. The Morgan fingerprint density at radius 3 is 2.31 bits per heavy atom. The molecule has 0 aliphatic heterocycles. The monoisotopic (exact) mass is 433 g/mol. The van der Waals surface area contributed by atoms with Gasteiger partial charge in [0.15, 0.2) is 6.10 Å². The van der Waals surface area contributed by atoms with Crippen LogP contribution in [0.2, 0.25) is 0 Å². The molecule has 0 heterocycles. The number of ether oxygens (including phenoxy) is 3. The van der Waals surface area contributed by atoms with Crippen molar-refractivity contribution < 1.29 is 23.8 Å². The van der Waals surface area contributed by atoms with Gasteiger partial charge in [0.2, 0.25) is 0 Å². The number of hydrogen-bond donors (Lipinski definition) is 1. The van der Waals surface area contributed by atoms with Gasteiger partial charge >= 0.3 is 5.97 Å². The van der Waals surface area contributed by atoms with Crippen molar-refractivity contribution in [1.82, 2.24) is 0 Å². The number of nitrogens with one attached hydrogen (secondary N) is 1. The molecule has 166 valence electrons. The second-order valence-electron chi connectivity index (χ2n) is 7.25. The molecule has 0 bridgehead atoms. The lowest BCUT2D eigenvalue weighted by molar-refractivity contribution is -0.123. The van der Waals surface area contributed by atoms with Gasteiger partial charge in [-0.25, -0.2) is 4.79 Å². The Morgan fingerprint density at radius 1 is 0.875 bits per heavy atom. The van der Waals surface area contributed by atoms with Crippen molar-refractivity contribution in [2.75, 3.05) is 19.5 Å². The molecule has 1 unspecified atom stereocenters. The summed E-state index contributed by atoms with van der Waals surface area (Å²) in [6, 6.07) is 22.4. The molecule has 6 heteroatoms. The number of benzene rings is 3. The predicted molar refractivity (Wildman–Crippen MR) is 123 cm³/mol. The van der Waals surface area contributed by atoms with Crippen molar-refractivity contribution in [3.05, 3.63) is 89.5 Å². The highest BCUT2D eigenvalue weighted by Gasteiger charge is 2.22. The topological polar surface area (TPSA) is 73.9 Å². The van der Waals surface area contributed by atoms with Crippen LogP contribution in [0, 0.1) is 0 Å². The largest absolute Gasteiger partial charge is 0.497 e. The van der Waals surface area contributed by atoms with E-state index in [1.54, 1.807) is 30.3 Å². The van der Waals surface area contributed by atoms with Crippen molar-refractivity contribution in [3.63, 3.8) is 0 Å². The number of anilines is 1. The third kappa shape index (κ3) is 5.88. The average Bonchev–Trinajstić information content (AvgIpc) is 2.83. The highest BCUT2D eigenvalue weighted by atomic mass is 16.5. The summed E-state index contributed by atoms with van der Waals surface area (Å²) in [6.07, 6.45) is 0.494. The minimum atomic E-state index is -0.999. The van der Waals surface area contributed by atoms with Gasteiger partial charge in [-0.15, -0.1) is 0 Å². The van der Waals surface area contributed by atoms with Crippen LogP contribution >= 0.6 is 0 Å². The van der Waals surface area contributed by atoms with E-state index in [4.69, 9.17) is 14.2 Å². The molecular weight excluding hydrogens is 406 g/mol. The maximum absolute atomic E-state index is 12.8.